The smallest absolute Gasteiger partial charge is 0.255 e. The SMILES string of the molecule is CCC(C)(C)CCSc1cccc2c1CN(C1CCC(=O)NC1=O)C2=O. The van der Waals surface area contributed by atoms with Gasteiger partial charge in [0.2, 0.25) is 11.8 Å². The van der Waals surface area contributed by atoms with Crippen LogP contribution in [-0.4, -0.2) is 34.4 Å². The highest BCUT2D eigenvalue weighted by atomic mass is 32.2. The zero-order valence-electron chi connectivity index (χ0n) is 15.6. The van der Waals surface area contributed by atoms with Crippen LogP contribution in [0.5, 0.6) is 0 Å². The quantitative estimate of drug-likeness (QED) is 0.612. The molecule has 0 aliphatic carbocycles. The molecule has 140 valence electrons. The van der Waals surface area contributed by atoms with Crippen LogP contribution >= 0.6 is 11.8 Å². The molecule has 1 atom stereocenters. The van der Waals surface area contributed by atoms with E-state index in [0.29, 0.717) is 23.9 Å². The third kappa shape index (κ3) is 3.80. The van der Waals surface area contributed by atoms with E-state index in [1.54, 1.807) is 16.7 Å². The molecule has 2 heterocycles. The molecule has 2 aliphatic heterocycles. The van der Waals surface area contributed by atoms with Crippen LogP contribution in [0.1, 0.15) is 62.4 Å². The number of hydrogen-bond acceptors (Lipinski definition) is 4. The van der Waals surface area contributed by atoms with Crippen molar-refractivity contribution in [3.63, 3.8) is 0 Å². The number of hydrogen-bond donors (Lipinski definition) is 1. The molecule has 3 amide bonds. The number of imide groups is 1. The Kier molecular flexibility index (Phi) is 5.42. The van der Waals surface area contributed by atoms with Crippen LogP contribution in [0, 0.1) is 5.41 Å². The van der Waals surface area contributed by atoms with Crippen molar-refractivity contribution >= 4 is 29.5 Å². The summed E-state index contributed by atoms with van der Waals surface area (Å²) in [6, 6.07) is 5.26. The third-order valence-corrected chi connectivity index (χ3v) is 6.63. The van der Waals surface area contributed by atoms with Crippen LogP contribution in [0.15, 0.2) is 23.1 Å². The molecule has 1 N–H and O–H groups in total. The molecule has 0 aromatic heterocycles. The van der Waals surface area contributed by atoms with Crippen molar-refractivity contribution in [2.45, 2.75) is 63.9 Å². The Morgan fingerprint density at radius 3 is 2.73 bits per heavy atom. The van der Waals surface area contributed by atoms with Gasteiger partial charge in [-0.2, -0.15) is 0 Å². The number of thioether (sulfide) groups is 1. The molecular weight excluding hydrogens is 348 g/mol. The Bertz CT molecular complexity index is 745. The molecule has 0 spiro atoms. The summed E-state index contributed by atoms with van der Waals surface area (Å²) in [5, 5.41) is 2.35. The molecule has 26 heavy (non-hydrogen) atoms. The fourth-order valence-corrected chi connectivity index (χ4v) is 4.70. The summed E-state index contributed by atoms with van der Waals surface area (Å²) in [5.41, 5.74) is 2.02. The van der Waals surface area contributed by atoms with E-state index in [9.17, 15) is 14.4 Å². The average molecular weight is 375 g/mol. The van der Waals surface area contributed by atoms with Crippen molar-refractivity contribution in [2.24, 2.45) is 5.41 Å². The van der Waals surface area contributed by atoms with Gasteiger partial charge in [0.25, 0.3) is 5.91 Å². The molecule has 0 bridgehead atoms. The minimum Gasteiger partial charge on any atom is -0.322 e. The number of carbonyl (C=O) groups excluding carboxylic acids is 3. The second kappa shape index (κ2) is 7.43. The van der Waals surface area contributed by atoms with E-state index in [1.807, 2.05) is 12.1 Å². The molecule has 1 unspecified atom stereocenters. The number of rotatable bonds is 6. The number of benzene rings is 1. The van der Waals surface area contributed by atoms with E-state index in [-0.39, 0.29) is 24.1 Å². The van der Waals surface area contributed by atoms with Crippen LogP contribution in [0.2, 0.25) is 0 Å². The van der Waals surface area contributed by atoms with Crippen molar-refractivity contribution in [1.82, 2.24) is 10.2 Å². The standard InChI is InChI=1S/C20H26N2O3S/c1-4-20(2,3)10-11-26-16-7-5-6-13-14(16)12-22(19(13)25)15-8-9-17(23)21-18(15)24/h5-7,15H,4,8-12H2,1-3H3,(H,21,23,24). The molecule has 1 fully saturated rings. The lowest BCUT2D eigenvalue weighted by molar-refractivity contribution is -0.136. The van der Waals surface area contributed by atoms with E-state index < -0.39 is 6.04 Å². The summed E-state index contributed by atoms with van der Waals surface area (Å²) in [4.78, 5) is 39.1. The van der Waals surface area contributed by atoms with Crippen molar-refractivity contribution in [1.29, 1.82) is 0 Å². The molecular formula is C20H26N2O3S. The Morgan fingerprint density at radius 1 is 1.27 bits per heavy atom. The van der Waals surface area contributed by atoms with Gasteiger partial charge < -0.3 is 4.90 Å². The predicted molar refractivity (Wildman–Crippen MR) is 102 cm³/mol. The molecule has 0 radical (unpaired) electrons. The molecule has 1 aromatic rings. The van der Waals surface area contributed by atoms with Crippen molar-refractivity contribution in [3.05, 3.63) is 29.3 Å². The number of piperidine rings is 1. The van der Waals surface area contributed by atoms with Gasteiger partial charge in [-0.1, -0.05) is 33.3 Å². The molecule has 2 aliphatic rings. The fraction of sp³-hybridized carbons (Fsp3) is 0.550. The topological polar surface area (TPSA) is 66.5 Å². The van der Waals surface area contributed by atoms with E-state index in [1.165, 1.54) is 0 Å². The largest absolute Gasteiger partial charge is 0.322 e. The van der Waals surface area contributed by atoms with Gasteiger partial charge >= 0.3 is 0 Å². The highest BCUT2D eigenvalue weighted by Gasteiger charge is 2.39. The predicted octanol–water partition coefficient (Wildman–Crippen LogP) is 3.37. The van der Waals surface area contributed by atoms with Crippen LogP contribution in [-0.2, 0) is 16.1 Å². The second-order valence-electron chi connectivity index (χ2n) is 7.80. The van der Waals surface area contributed by atoms with Gasteiger partial charge in [-0.15, -0.1) is 11.8 Å². The van der Waals surface area contributed by atoms with E-state index >= 15 is 0 Å². The summed E-state index contributed by atoms with van der Waals surface area (Å²) < 4.78 is 0. The first-order valence-electron chi connectivity index (χ1n) is 9.22. The highest BCUT2D eigenvalue weighted by molar-refractivity contribution is 7.99. The molecule has 3 rings (SSSR count). The average Bonchev–Trinajstić information content (AvgIpc) is 2.93. The van der Waals surface area contributed by atoms with Crippen molar-refractivity contribution in [3.8, 4) is 0 Å². The van der Waals surface area contributed by atoms with Crippen LogP contribution < -0.4 is 5.32 Å². The molecule has 0 saturated carbocycles. The molecule has 1 saturated heterocycles. The zero-order chi connectivity index (χ0) is 18.9. The fourth-order valence-electron chi connectivity index (χ4n) is 3.31. The van der Waals surface area contributed by atoms with Gasteiger partial charge in [0, 0.05) is 23.4 Å². The minimum atomic E-state index is -0.551. The van der Waals surface area contributed by atoms with Gasteiger partial charge in [0.15, 0.2) is 0 Å². The van der Waals surface area contributed by atoms with Gasteiger partial charge in [-0.3, -0.25) is 19.7 Å². The Hall–Kier alpha value is -1.82. The Labute approximate surface area is 158 Å². The van der Waals surface area contributed by atoms with Gasteiger partial charge in [0.05, 0.1) is 0 Å². The number of fused-ring (bicyclic) bond motifs is 1. The lowest BCUT2D eigenvalue weighted by atomic mass is 9.87. The maximum Gasteiger partial charge on any atom is 0.255 e. The summed E-state index contributed by atoms with van der Waals surface area (Å²) in [6.45, 7) is 7.20. The monoisotopic (exact) mass is 374 g/mol. The summed E-state index contributed by atoms with van der Waals surface area (Å²) in [6.07, 6.45) is 2.94. The van der Waals surface area contributed by atoms with Gasteiger partial charge in [-0.05, 0) is 41.7 Å². The summed E-state index contributed by atoms with van der Waals surface area (Å²) >= 11 is 1.79. The van der Waals surface area contributed by atoms with Crippen LogP contribution in [0.4, 0.5) is 0 Å². The van der Waals surface area contributed by atoms with Crippen molar-refractivity contribution < 1.29 is 14.4 Å². The van der Waals surface area contributed by atoms with Gasteiger partial charge in [0.1, 0.15) is 6.04 Å². The van der Waals surface area contributed by atoms with Crippen molar-refractivity contribution in [2.75, 3.05) is 5.75 Å². The first kappa shape index (κ1) is 19.0. The Balaban J connectivity index is 1.73. The maximum atomic E-state index is 12.8. The zero-order valence-corrected chi connectivity index (χ0v) is 16.4. The number of amides is 3. The molecule has 6 heteroatoms. The summed E-state index contributed by atoms with van der Waals surface area (Å²) in [5.74, 6) is 0.279. The highest BCUT2D eigenvalue weighted by Crippen LogP contribution is 2.36. The lowest BCUT2D eigenvalue weighted by Crippen LogP contribution is -2.52. The minimum absolute atomic E-state index is 0.106. The molecule has 1 aromatic carbocycles. The van der Waals surface area contributed by atoms with Crippen LogP contribution in [0.3, 0.4) is 0 Å². The number of nitrogens with one attached hydrogen (secondary N) is 1. The van der Waals surface area contributed by atoms with E-state index in [2.05, 4.69) is 32.2 Å². The first-order valence-corrected chi connectivity index (χ1v) is 10.2. The lowest BCUT2D eigenvalue weighted by Gasteiger charge is -2.29. The number of nitrogens with zero attached hydrogens (tertiary/aromatic N) is 1. The Morgan fingerprint density at radius 2 is 2.04 bits per heavy atom. The summed E-state index contributed by atoms with van der Waals surface area (Å²) in [7, 11) is 0. The first-order chi connectivity index (χ1) is 12.3. The van der Waals surface area contributed by atoms with E-state index in [0.717, 1.165) is 29.1 Å². The second-order valence-corrected chi connectivity index (χ2v) is 8.94. The normalized spacial score (nSPS) is 20.3. The third-order valence-electron chi connectivity index (χ3n) is 5.53. The van der Waals surface area contributed by atoms with Gasteiger partial charge in [-0.25, -0.2) is 0 Å². The van der Waals surface area contributed by atoms with E-state index in [4.69, 9.17) is 0 Å². The van der Waals surface area contributed by atoms with Crippen LogP contribution in [0.25, 0.3) is 0 Å². The maximum absolute atomic E-state index is 12.8. The molecule has 5 nitrogen and oxygen atoms in total. The number of carbonyl (C=O) groups is 3.